The van der Waals surface area contributed by atoms with Gasteiger partial charge in [0.15, 0.2) is 0 Å². The fraction of sp³-hybridized carbons (Fsp3) is 0.136. The van der Waals surface area contributed by atoms with E-state index in [0.29, 0.717) is 17.1 Å². The van der Waals surface area contributed by atoms with Crippen molar-refractivity contribution < 1.29 is 9.59 Å². The SMILES string of the molecule is CC(=O)Nc1cccc(NC(=O)c2ccc(NCCc3ccccc3)cn2)c1. The molecule has 3 rings (SSSR count). The van der Waals surface area contributed by atoms with E-state index in [1.807, 2.05) is 24.3 Å². The van der Waals surface area contributed by atoms with Crippen LogP contribution in [0.1, 0.15) is 23.0 Å². The molecule has 0 fully saturated rings. The van der Waals surface area contributed by atoms with Crippen LogP contribution in [0.4, 0.5) is 17.1 Å². The topological polar surface area (TPSA) is 83.1 Å². The molecule has 0 atom stereocenters. The van der Waals surface area contributed by atoms with Gasteiger partial charge in [-0.3, -0.25) is 9.59 Å². The zero-order valence-electron chi connectivity index (χ0n) is 15.6. The first-order valence-corrected chi connectivity index (χ1v) is 9.03. The predicted molar refractivity (Wildman–Crippen MR) is 112 cm³/mol. The highest BCUT2D eigenvalue weighted by atomic mass is 16.2. The van der Waals surface area contributed by atoms with Gasteiger partial charge in [0.1, 0.15) is 5.69 Å². The molecule has 1 heterocycles. The van der Waals surface area contributed by atoms with Crippen molar-refractivity contribution >= 4 is 28.9 Å². The van der Waals surface area contributed by atoms with Crippen LogP contribution < -0.4 is 16.0 Å². The minimum absolute atomic E-state index is 0.166. The van der Waals surface area contributed by atoms with Crippen LogP contribution in [-0.4, -0.2) is 23.3 Å². The van der Waals surface area contributed by atoms with Gasteiger partial charge in [0, 0.05) is 24.8 Å². The Morgan fingerprint density at radius 3 is 2.29 bits per heavy atom. The van der Waals surface area contributed by atoms with E-state index >= 15 is 0 Å². The number of nitrogens with zero attached hydrogens (tertiary/aromatic N) is 1. The van der Waals surface area contributed by atoms with Gasteiger partial charge in [0.25, 0.3) is 5.91 Å². The molecule has 2 amide bonds. The summed E-state index contributed by atoms with van der Waals surface area (Å²) in [7, 11) is 0. The zero-order valence-corrected chi connectivity index (χ0v) is 15.6. The number of benzene rings is 2. The molecule has 0 unspecified atom stereocenters. The van der Waals surface area contributed by atoms with Crippen LogP contribution in [-0.2, 0) is 11.2 Å². The third-order valence-electron chi connectivity index (χ3n) is 4.02. The van der Waals surface area contributed by atoms with Gasteiger partial charge >= 0.3 is 0 Å². The largest absolute Gasteiger partial charge is 0.383 e. The van der Waals surface area contributed by atoms with E-state index in [0.717, 1.165) is 18.7 Å². The van der Waals surface area contributed by atoms with Gasteiger partial charge in [-0.15, -0.1) is 0 Å². The van der Waals surface area contributed by atoms with Crippen LogP contribution in [0.15, 0.2) is 72.9 Å². The average Bonchev–Trinajstić information content (AvgIpc) is 2.69. The van der Waals surface area contributed by atoms with Gasteiger partial charge in [0.05, 0.1) is 11.9 Å². The maximum absolute atomic E-state index is 12.4. The van der Waals surface area contributed by atoms with Crippen molar-refractivity contribution in [2.75, 3.05) is 22.5 Å². The second kappa shape index (κ2) is 9.32. The maximum Gasteiger partial charge on any atom is 0.274 e. The summed E-state index contributed by atoms with van der Waals surface area (Å²) in [5.74, 6) is -0.476. The Balaban J connectivity index is 1.54. The van der Waals surface area contributed by atoms with Gasteiger partial charge in [-0.05, 0) is 42.3 Å². The molecule has 142 valence electrons. The van der Waals surface area contributed by atoms with Gasteiger partial charge < -0.3 is 16.0 Å². The Morgan fingerprint density at radius 2 is 1.61 bits per heavy atom. The summed E-state index contributed by atoms with van der Waals surface area (Å²) < 4.78 is 0. The van der Waals surface area contributed by atoms with E-state index < -0.39 is 0 Å². The Kier molecular flexibility index (Phi) is 6.36. The third kappa shape index (κ3) is 5.67. The number of hydrogen-bond acceptors (Lipinski definition) is 4. The van der Waals surface area contributed by atoms with E-state index in [4.69, 9.17) is 0 Å². The van der Waals surface area contributed by atoms with E-state index in [-0.39, 0.29) is 11.8 Å². The van der Waals surface area contributed by atoms with Crippen LogP contribution in [0, 0.1) is 0 Å². The number of aromatic nitrogens is 1. The summed E-state index contributed by atoms with van der Waals surface area (Å²) in [4.78, 5) is 27.7. The van der Waals surface area contributed by atoms with Crippen molar-refractivity contribution in [3.8, 4) is 0 Å². The van der Waals surface area contributed by atoms with E-state index in [9.17, 15) is 9.59 Å². The molecule has 6 heteroatoms. The molecular formula is C22H22N4O2. The highest BCUT2D eigenvalue weighted by Crippen LogP contribution is 2.16. The van der Waals surface area contributed by atoms with Crippen molar-refractivity contribution in [1.29, 1.82) is 0 Å². The smallest absolute Gasteiger partial charge is 0.274 e. The van der Waals surface area contributed by atoms with Crippen LogP contribution in [0.2, 0.25) is 0 Å². The minimum Gasteiger partial charge on any atom is -0.383 e. The lowest BCUT2D eigenvalue weighted by molar-refractivity contribution is -0.114. The molecular weight excluding hydrogens is 352 g/mol. The number of carbonyl (C=O) groups excluding carboxylic acids is 2. The molecule has 0 spiro atoms. The monoisotopic (exact) mass is 374 g/mol. The Hall–Kier alpha value is -3.67. The number of carbonyl (C=O) groups is 2. The van der Waals surface area contributed by atoms with Crippen molar-refractivity contribution in [2.24, 2.45) is 0 Å². The lowest BCUT2D eigenvalue weighted by Gasteiger charge is -2.09. The fourth-order valence-electron chi connectivity index (χ4n) is 2.70. The first-order valence-electron chi connectivity index (χ1n) is 9.03. The van der Waals surface area contributed by atoms with Crippen LogP contribution in [0.25, 0.3) is 0 Å². The third-order valence-corrected chi connectivity index (χ3v) is 4.02. The van der Waals surface area contributed by atoms with Crippen molar-refractivity contribution in [1.82, 2.24) is 4.98 Å². The molecule has 1 aromatic heterocycles. The second-order valence-corrected chi connectivity index (χ2v) is 6.31. The minimum atomic E-state index is -0.309. The molecule has 28 heavy (non-hydrogen) atoms. The molecule has 6 nitrogen and oxygen atoms in total. The summed E-state index contributed by atoms with van der Waals surface area (Å²) in [5.41, 5.74) is 3.65. The molecule has 0 aliphatic heterocycles. The molecule has 2 aromatic carbocycles. The zero-order chi connectivity index (χ0) is 19.8. The predicted octanol–water partition coefficient (Wildman–Crippen LogP) is 3.95. The highest BCUT2D eigenvalue weighted by molar-refractivity contribution is 6.03. The van der Waals surface area contributed by atoms with Gasteiger partial charge in [-0.2, -0.15) is 0 Å². The second-order valence-electron chi connectivity index (χ2n) is 6.31. The number of hydrogen-bond donors (Lipinski definition) is 3. The molecule has 0 aliphatic carbocycles. The number of nitrogens with one attached hydrogen (secondary N) is 3. The van der Waals surface area contributed by atoms with E-state index in [1.165, 1.54) is 12.5 Å². The number of amides is 2. The summed E-state index contributed by atoms with van der Waals surface area (Å²) in [6, 6.07) is 20.7. The maximum atomic E-state index is 12.4. The lowest BCUT2D eigenvalue weighted by atomic mass is 10.1. The molecule has 0 radical (unpaired) electrons. The van der Waals surface area contributed by atoms with Crippen LogP contribution >= 0.6 is 0 Å². The van der Waals surface area contributed by atoms with Crippen LogP contribution in [0.5, 0.6) is 0 Å². The standard InChI is InChI=1S/C22H22N4O2/c1-16(27)25-18-8-5-9-19(14-18)26-22(28)21-11-10-20(15-24-21)23-13-12-17-6-3-2-4-7-17/h2-11,14-15,23H,12-13H2,1H3,(H,25,27)(H,26,28). The molecule has 0 bridgehead atoms. The lowest BCUT2D eigenvalue weighted by Crippen LogP contribution is -2.14. The van der Waals surface area contributed by atoms with E-state index in [1.54, 1.807) is 36.5 Å². The number of anilines is 3. The first kappa shape index (κ1) is 19.1. The molecule has 3 N–H and O–H groups in total. The summed E-state index contributed by atoms with van der Waals surface area (Å²) in [6.45, 7) is 2.22. The van der Waals surface area contributed by atoms with E-state index in [2.05, 4.69) is 33.1 Å². The quantitative estimate of drug-likeness (QED) is 0.585. The first-order chi connectivity index (χ1) is 13.6. The Morgan fingerprint density at radius 1 is 0.857 bits per heavy atom. The molecule has 3 aromatic rings. The van der Waals surface area contributed by atoms with Crippen molar-refractivity contribution in [2.45, 2.75) is 13.3 Å². The van der Waals surface area contributed by atoms with Gasteiger partial charge in [0.2, 0.25) is 5.91 Å². The van der Waals surface area contributed by atoms with Crippen LogP contribution in [0.3, 0.4) is 0 Å². The average molecular weight is 374 g/mol. The summed E-state index contributed by atoms with van der Waals surface area (Å²) >= 11 is 0. The number of pyridine rings is 1. The fourth-order valence-corrected chi connectivity index (χ4v) is 2.70. The molecule has 0 saturated carbocycles. The summed E-state index contributed by atoms with van der Waals surface area (Å²) in [5, 5.41) is 8.77. The Labute approximate surface area is 164 Å². The highest BCUT2D eigenvalue weighted by Gasteiger charge is 2.08. The normalized spacial score (nSPS) is 10.2. The van der Waals surface area contributed by atoms with Gasteiger partial charge in [-0.1, -0.05) is 36.4 Å². The number of rotatable bonds is 7. The van der Waals surface area contributed by atoms with Crippen molar-refractivity contribution in [3.05, 3.63) is 84.2 Å². The van der Waals surface area contributed by atoms with Gasteiger partial charge in [-0.25, -0.2) is 4.98 Å². The summed E-state index contributed by atoms with van der Waals surface area (Å²) in [6.07, 6.45) is 2.56. The Bertz CT molecular complexity index is 940. The molecule has 0 aliphatic rings. The molecule has 0 saturated heterocycles. The van der Waals surface area contributed by atoms with Crippen molar-refractivity contribution in [3.63, 3.8) is 0 Å².